The molecule has 1 heterocycles. The highest BCUT2D eigenvalue weighted by Crippen LogP contribution is 2.23. The second-order valence-corrected chi connectivity index (χ2v) is 5.84. The van der Waals surface area contributed by atoms with Gasteiger partial charge in [0.15, 0.2) is 0 Å². The molecule has 2 amide bonds. The van der Waals surface area contributed by atoms with Crippen LogP contribution in [0.4, 0.5) is 10.5 Å². The largest absolute Gasteiger partial charge is 0.361 e. The molecular formula is C17H20N4O. The molecule has 0 radical (unpaired) electrons. The number of H-pyrrole nitrogens is 1. The minimum Gasteiger partial charge on any atom is -0.361 e. The van der Waals surface area contributed by atoms with Crippen LogP contribution in [0.3, 0.4) is 0 Å². The van der Waals surface area contributed by atoms with E-state index in [4.69, 9.17) is 5.26 Å². The molecule has 0 saturated heterocycles. The number of nitriles is 1. The van der Waals surface area contributed by atoms with Gasteiger partial charge in [0, 0.05) is 28.8 Å². The number of nitrogens with zero attached hydrogens (tertiary/aromatic N) is 1. The molecule has 1 fully saturated rings. The third-order valence-corrected chi connectivity index (χ3v) is 4.24. The Morgan fingerprint density at radius 2 is 2.14 bits per heavy atom. The molecule has 1 aromatic carbocycles. The number of carbonyl (C=O) groups excluding carboxylic acids is 1. The van der Waals surface area contributed by atoms with Crippen molar-refractivity contribution in [2.24, 2.45) is 0 Å². The Balaban J connectivity index is 1.69. The topological polar surface area (TPSA) is 80.7 Å². The molecule has 5 heteroatoms. The minimum absolute atomic E-state index is 0.149. The fourth-order valence-corrected chi connectivity index (χ4v) is 3.09. The molecule has 1 saturated carbocycles. The molecule has 22 heavy (non-hydrogen) atoms. The first-order valence-corrected chi connectivity index (χ1v) is 7.81. The number of carbonyl (C=O) groups is 1. The summed E-state index contributed by atoms with van der Waals surface area (Å²) in [6, 6.07) is 8.01. The molecule has 5 nitrogen and oxygen atoms in total. The number of rotatable bonds is 3. The van der Waals surface area contributed by atoms with E-state index in [0.717, 1.165) is 35.0 Å². The number of nitrogens with one attached hydrogen (secondary N) is 3. The summed E-state index contributed by atoms with van der Waals surface area (Å²) in [5.41, 5.74) is 2.68. The van der Waals surface area contributed by atoms with Gasteiger partial charge in [-0.05, 0) is 36.6 Å². The highest BCUT2D eigenvalue weighted by molar-refractivity contribution is 5.94. The van der Waals surface area contributed by atoms with Crippen LogP contribution in [0.5, 0.6) is 0 Å². The van der Waals surface area contributed by atoms with Gasteiger partial charge in [0.05, 0.1) is 12.5 Å². The number of aromatic amines is 1. The Morgan fingerprint density at radius 3 is 2.91 bits per heavy atom. The quantitative estimate of drug-likeness (QED) is 0.807. The van der Waals surface area contributed by atoms with Crippen LogP contribution in [0.1, 0.15) is 37.7 Å². The fraction of sp³-hybridized carbons (Fsp3) is 0.412. The average Bonchev–Trinajstić information content (AvgIpc) is 2.91. The maximum atomic E-state index is 12.1. The predicted octanol–water partition coefficient (Wildman–Crippen LogP) is 3.69. The van der Waals surface area contributed by atoms with E-state index >= 15 is 0 Å². The number of hydrogen-bond acceptors (Lipinski definition) is 2. The monoisotopic (exact) mass is 296 g/mol. The van der Waals surface area contributed by atoms with E-state index in [1.807, 2.05) is 24.4 Å². The Morgan fingerprint density at radius 1 is 1.32 bits per heavy atom. The van der Waals surface area contributed by atoms with E-state index in [1.54, 1.807) is 0 Å². The summed E-state index contributed by atoms with van der Waals surface area (Å²) in [6.45, 7) is 0. The molecule has 3 rings (SSSR count). The van der Waals surface area contributed by atoms with E-state index in [-0.39, 0.29) is 6.03 Å². The molecule has 3 N–H and O–H groups in total. The molecule has 0 aliphatic heterocycles. The summed E-state index contributed by atoms with van der Waals surface area (Å²) in [5, 5.41) is 15.8. The number of urea groups is 1. The van der Waals surface area contributed by atoms with Crippen LogP contribution in [0.15, 0.2) is 24.4 Å². The van der Waals surface area contributed by atoms with E-state index in [0.29, 0.717) is 12.5 Å². The van der Waals surface area contributed by atoms with Crippen molar-refractivity contribution in [2.75, 3.05) is 5.32 Å². The SMILES string of the molecule is N#CCc1c[nH]c2ccc(NC(=O)NC3CCCCC3)cc12. The van der Waals surface area contributed by atoms with Crippen molar-refractivity contribution in [2.45, 2.75) is 44.6 Å². The van der Waals surface area contributed by atoms with Gasteiger partial charge in [-0.3, -0.25) is 0 Å². The highest BCUT2D eigenvalue weighted by Gasteiger charge is 2.15. The molecule has 1 aliphatic carbocycles. The van der Waals surface area contributed by atoms with Crippen molar-refractivity contribution in [3.05, 3.63) is 30.0 Å². The lowest BCUT2D eigenvalue weighted by atomic mass is 9.96. The van der Waals surface area contributed by atoms with Crippen LogP contribution in [-0.4, -0.2) is 17.1 Å². The van der Waals surface area contributed by atoms with Gasteiger partial charge in [-0.2, -0.15) is 5.26 Å². The minimum atomic E-state index is -0.149. The molecule has 1 aromatic heterocycles. The highest BCUT2D eigenvalue weighted by atomic mass is 16.2. The van der Waals surface area contributed by atoms with Crippen molar-refractivity contribution in [3.63, 3.8) is 0 Å². The van der Waals surface area contributed by atoms with Crippen molar-refractivity contribution in [1.29, 1.82) is 5.26 Å². The Labute approximate surface area is 129 Å². The van der Waals surface area contributed by atoms with E-state index < -0.39 is 0 Å². The van der Waals surface area contributed by atoms with Crippen molar-refractivity contribution < 1.29 is 4.79 Å². The summed E-state index contributed by atoms with van der Waals surface area (Å²) in [7, 11) is 0. The molecule has 2 aromatic rings. The van der Waals surface area contributed by atoms with Gasteiger partial charge in [0.25, 0.3) is 0 Å². The van der Waals surface area contributed by atoms with Crippen LogP contribution in [0, 0.1) is 11.3 Å². The zero-order valence-corrected chi connectivity index (χ0v) is 12.5. The van der Waals surface area contributed by atoms with Crippen LogP contribution in [0.25, 0.3) is 10.9 Å². The number of fused-ring (bicyclic) bond motifs is 1. The standard InChI is InChI=1S/C17H20N4O/c18-9-8-12-11-19-16-7-6-14(10-15(12)16)21-17(22)20-13-4-2-1-3-5-13/h6-7,10-11,13,19H,1-5,8H2,(H2,20,21,22). The zero-order valence-electron chi connectivity index (χ0n) is 12.5. The van der Waals surface area contributed by atoms with Gasteiger partial charge in [0.1, 0.15) is 0 Å². The third kappa shape index (κ3) is 3.22. The fourth-order valence-electron chi connectivity index (χ4n) is 3.09. The summed E-state index contributed by atoms with van der Waals surface area (Å²) in [4.78, 5) is 15.2. The Hall–Kier alpha value is -2.48. The first kappa shape index (κ1) is 14.5. The lowest BCUT2D eigenvalue weighted by molar-refractivity contribution is 0.244. The average molecular weight is 296 g/mol. The second-order valence-electron chi connectivity index (χ2n) is 5.84. The van der Waals surface area contributed by atoms with Gasteiger partial charge in [-0.15, -0.1) is 0 Å². The lowest BCUT2D eigenvalue weighted by Crippen LogP contribution is -2.38. The van der Waals surface area contributed by atoms with E-state index in [2.05, 4.69) is 21.7 Å². The summed E-state index contributed by atoms with van der Waals surface area (Å²) >= 11 is 0. The smallest absolute Gasteiger partial charge is 0.319 e. The van der Waals surface area contributed by atoms with Crippen molar-refractivity contribution in [1.82, 2.24) is 10.3 Å². The number of hydrogen-bond donors (Lipinski definition) is 3. The maximum Gasteiger partial charge on any atom is 0.319 e. The molecule has 1 aliphatic rings. The van der Waals surface area contributed by atoms with E-state index in [1.165, 1.54) is 19.3 Å². The van der Waals surface area contributed by atoms with Crippen molar-refractivity contribution >= 4 is 22.6 Å². The van der Waals surface area contributed by atoms with Crippen molar-refractivity contribution in [3.8, 4) is 6.07 Å². The third-order valence-electron chi connectivity index (χ3n) is 4.24. The summed E-state index contributed by atoms with van der Waals surface area (Å²) in [5.74, 6) is 0. The van der Waals surface area contributed by atoms with Crippen LogP contribution < -0.4 is 10.6 Å². The van der Waals surface area contributed by atoms with Gasteiger partial charge >= 0.3 is 6.03 Å². The lowest BCUT2D eigenvalue weighted by Gasteiger charge is -2.22. The predicted molar refractivity (Wildman–Crippen MR) is 86.6 cm³/mol. The summed E-state index contributed by atoms with van der Waals surface area (Å²) in [6.07, 6.45) is 7.99. The molecular weight excluding hydrogens is 276 g/mol. The molecule has 0 bridgehead atoms. The molecule has 114 valence electrons. The van der Waals surface area contributed by atoms with Gasteiger partial charge in [-0.25, -0.2) is 4.79 Å². The Kier molecular flexibility index (Phi) is 4.29. The van der Waals surface area contributed by atoms with Crippen LogP contribution >= 0.6 is 0 Å². The number of aromatic nitrogens is 1. The molecule has 0 spiro atoms. The molecule has 0 atom stereocenters. The van der Waals surface area contributed by atoms with E-state index in [9.17, 15) is 4.79 Å². The Bertz CT molecular complexity index is 707. The first-order chi connectivity index (χ1) is 10.8. The molecule has 0 unspecified atom stereocenters. The number of benzene rings is 1. The summed E-state index contributed by atoms with van der Waals surface area (Å²) < 4.78 is 0. The normalized spacial score (nSPS) is 15.4. The number of anilines is 1. The van der Waals surface area contributed by atoms with Crippen LogP contribution in [-0.2, 0) is 6.42 Å². The van der Waals surface area contributed by atoms with Gasteiger partial charge in [0.2, 0.25) is 0 Å². The zero-order chi connectivity index (χ0) is 15.4. The first-order valence-electron chi connectivity index (χ1n) is 7.81. The second kappa shape index (κ2) is 6.52. The van der Waals surface area contributed by atoms with Gasteiger partial charge in [-0.1, -0.05) is 19.3 Å². The van der Waals surface area contributed by atoms with Crippen LogP contribution in [0.2, 0.25) is 0 Å². The number of amides is 2. The van der Waals surface area contributed by atoms with Gasteiger partial charge < -0.3 is 15.6 Å². The maximum absolute atomic E-state index is 12.1.